The maximum atomic E-state index is 14.4. The van der Waals surface area contributed by atoms with Crippen LogP contribution < -0.4 is 5.32 Å². The third-order valence-corrected chi connectivity index (χ3v) is 4.73. The fourth-order valence-electron chi connectivity index (χ4n) is 3.07. The van der Waals surface area contributed by atoms with E-state index in [0.717, 1.165) is 29.5 Å². The largest absolute Gasteiger partial charge is 0.326 e. The van der Waals surface area contributed by atoms with Crippen LogP contribution in [0.2, 0.25) is 0 Å². The molecule has 1 aliphatic rings. The number of hydrogen-bond donors (Lipinski definition) is 1. The van der Waals surface area contributed by atoms with Crippen LogP contribution in [0.15, 0.2) is 61.1 Å². The molecule has 5 rings (SSSR count). The molecule has 0 aliphatic heterocycles. The van der Waals surface area contributed by atoms with Crippen molar-refractivity contribution in [1.82, 2.24) is 19.7 Å². The van der Waals surface area contributed by atoms with Crippen LogP contribution in [-0.4, -0.2) is 25.7 Å². The molecule has 3 aromatic heterocycles. The van der Waals surface area contributed by atoms with Crippen molar-refractivity contribution in [3.63, 3.8) is 0 Å². The number of hydrogen-bond acceptors (Lipinski definition) is 4. The molecule has 138 valence electrons. The van der Waals surface area contributed by atoms with E-state index in [1.807, 2.05) is 24.3 Å². The molecule has 4 aromatic rings. The molecule has 0 saturated heterocycles. The van der Waals surface area contributed by atoms with E-state index >= 15 is 0 Å². The monoisotopic (exact) mass is 373 g/mol. The van der Waals surface area contributed by atoms with Crippen molar-refractivity contribution in [1.29, 1.82) is 0 Å². The summed E-state index contributed by atoms with van der Waals surface area (Å²) in [5.74, 6) is -0.373. The first-order valence-corrected chi connectivity index (χ1v) is 9.05. The lowest BCUT2D eigenvalue weighted by Gasteiger charge is -2.08. The Kier molecular flexibility index (Phi) is 3.86. The van der Waals surface area contributed by atoms with Crippen LogP contribution in [0, 0.1) is 11.7 Å². The first-order valence-electron chi connectivity index (χ1n) is 9.05. The second kappa shape index (κ2) is 6.53. The van der Waals surface area contributed by atoms with Crippen LogP contribution in [0.4, 0.5) is 10.1 Å². The van der Waals surface area contributed by atoms with Gasteiger partial charge in [0.15, 0.2) is 5.65 Å². The lowest BCUT2D eigenvalue weighted by Crippen LogP contribution is -2.13. The number of anilines is 1. The van der Waals surface area contributed by atoms with Crippen molar-refractivity contribution in [2.75, 3.05) is 5.32 Å². The third-order valence-electron chi connectivity index (χ3n) is 4.73. The molecule has 1 saturated carbocycles. The van der Waals surface area contributed by atoms with Crippen molar-refractivity contribution < 1.29 is 9.18 Å². The van der Waals surface area contributed by atoms with Crippen molar-refractivity contribution in [3.05, 3.63) is 66.9 Å². The van der Waals surface area contributed by atoms with Crippen molar-refractivity contribution in [2.24, 2.45) is 5.92 Å². The highest BCUT2D eigenvalue weighted by atomic mass is 19.1. The molecule has 0 radical (unpaired) electrons. The maximum Gasteiger partial charge on any atom is 0.227 e. The molecule has 3 heterocycles. The number of nitrogens with one attached hydrogen (secondary N) is 1. The van der Waals surface area contributed by atoms with E-state index in [1.165, 1.54) is 10.7 Å². The number of fused-ring (bicyclic) bond motifs is 1. The molecule has 0 unspecified atom stereocenters. The number of halogens is 1. The summed E-state index contributed by atoms with van der Waals surface area (Å²) in [6.45, 7) is 0. The fourth-order valence-corrected chi connectivity index (χ4v) is 3.07. The topological polar surface area (TPSA) is 72.7 Å². The average molecular weight is 373 g/mol. The number of amides is 1. The molecule has 1 amide bonds. The van der Waals surface area contributed by atoms with Crippen molar-refractivity contribution in [3.8, 4) is 16.9 Å². The molecule has 0 atom stereocenters. The minimum absolute atomic E-state index is 0.0233. The second-order valence-electron chi connectivity index (χ2n) is 6.86. The van der Waals surface area contributed by atoms with E-state index in [2.05, 4.69) is 20.4 Å². The van der Waals surface area contributed by atoms with Gasteiger partial charge in [-0.3, -0.25) is 9.78 Å². The first kappa shape index (κ1) is 16.6. The molecule has 1 N–H and O–H groups in total. The molecule has 1 aliphatic carbocycles. The molecule has 6 nitrogen and oxygen atoms in total. The fraction of sp³-hybridized carbons (Fsp3) is 0.143. The van der Waals surface area contributed by atoms with Gasteiger partial charge in [-0.15, -0.1) is 5.10 Å². The number of carbonyl (C=O) groups is 1. The number of pyridine rings is 2. The second-order valence-corrected chi connectivity index (χ2v) is 6.86. The van der Waals surface area contributed by atoms with Crippen molar-refractivity contribution in [2.45, 2.75) is 12.8 Å². The van der Waals surface area contributed by atoms with Gasteiger partial charge < -0.3 is 5.32 Å². The molecule has 0 spiro atoms. The predicted molar refractivity (Wildman–Crippen MR) is 103 cm³/mol. The van der Waals surface area contributed by atoms with Gasteiger partial charge in [0.05, 0.1) is 5.69 Å². The van der Waals surface area contributed by atoms with E-state index < -0.39 is 5.82 Å². The summed E-state index contributed by atoms with van der Waals surface area (Å²) in [4.78, 5) is 20.7. The first-order chi connectivity index (χ1) is 13.7. The quantitative estimate of drug-likeness (QED) is 0.587. The molecule has 1 fully saturated rings. The molecule has 0 bridgehead atoms. The molecular formula is C21H16FN5O. The normalized spacial score (nSPS) is 13.6. The number of benzene rings is 1. The highest BCUT2D eigenvalue weighted by molar-refractivity contribution is 5.94. The highest BCUT2D eigenvalue weighted by Crippen LogP contribution is 2.31. The highest BCUT2D eigenvalue weighted by Gasteiger charge is 2.29. The minimum atomic E-state index is -0.429. The summed E-state index contributed by atoms with van der Waals surface area (Å²) >= 11 is 0. The Morgan fingerprint density at radius 3 is 2.82 bits per heavy atom. The third kappa shape index (κ3) is 3.11. The lowest BCUT2D eigenvalue weighted by molar-refractivity contribution is -0.117. The Balaban J connectivity index is 1.51. The van der Waals surface area contributed by atoms with E-state index in [9.17, 15) is 9.18 Å². The molecular weight excluding hydrogens is 357 g/mol. The summed E-state index contributed by atoms with van der Waals surface area (Å²) in [5, 5.41) is 7.99. The average Bonchev–Trinajstić information content (AvgIpc) is 3.49. The van der Waals surface area contributed by atoms with Gasteiger partial charge in [-0.1, -0.05) is 6.07 Å². The number of carbonyl (C=O) groups excluding carboxylic acids is 1. The summed E-state index contributed by atoms with van der Waals surface area (Å²) in [6.07, 6.45) is 6.97. The zero-order chi connectivity index (χ0) is 19.1. The Morgan fingerprint density at radius 1 is 1.14 bits per heavy atom. The number of nitrogens with zero attached hydrogens (tertiary/aromatic N) is 4. The van der Waals surface area contributed by atoms with Crippen LogP contribution in [0.1, 0.15) is 12.8 Å². The lowest BCUT2D eigenvalue weighted by atomic mass is 10.1. The Labute approximate surface area is 160 Å². The van der Waals surface area contributed by atoms with Gasteiger partial charge in [0.1, 0.15) is 11.5 Å². The van der Waals surface area contributed by atoms with E-state index in [-0.39, 0.29) is 17.5 Å². The van der Waals surface area contributed by atoms with Crippen LogP contribution in [-0.2, 0) is 4.79 Å². The van der Waals surface area contributed by atoms with Gasteiger partial charge in [-0.25, -0.2) is 14.1 Å². The maximum absolute atomic E-state index is 14.4. The van der Waals surface area contributed by atoms with Crippen molar-refractivity contribution >= 4 is 22.6 Å². The molecule has 28 heavy (non-hydrogen) atoms. The van der Waals surface area contributed by atoms with Gasteiger partial charge >= 0.3 is 0 Å². The summed E-state index contributed by atoms with van der Waals surface area (Å²) in [5.41, 5.74) is 2.98. The van der Waals surface area contributed by atoms with Crippen LogP contribution >= 0.6 is 0 Å². The van der Waals surface area contributed by atoms with Crippen LogP contribution in [0.5, 0.6) is 0 Å². The standard InChI is InChI=1S/C21H16FN5O/c22-17-7-6-16(25-21(28)13-4-5-13)10-19(17)27-12-15-9-14(11-24-20(15)26-27)18-3-1-2-8-23-18/h1-3,6-13H,4-5H2,(H,25,28). The SMILES string of the molecule is O=C(Nc1ccc(F)c(-n2cc3cc(-c4ccccn4)cnc3n2)c1)C1CC1. The van der Waals surface area contributed by atoms with E-state index in [4.69, 9.17) is 0 Å². The minimum Gasteiger partial charge on any atom is -0.326 e. The van der Waals surface area contributed by atoms with Crippen LogP contribution in [0.25, 0.3) is 28.0 Å². The van der Waals surface area contributed by atoms with Gasteiger partial charge in [0.2, 0.25) is 5.91 Å². The van der Waals surface area contributed by atoms with Gasteiger partial charge in [-0.2, -0.15) is 0 Å². The Hall–Kier alpha value is -3.61. The smallest absolute Gasteiger partial charge is 0.227 e. The number of rotatable bonds is 4. The van der Waals surface area contributed by atoms with Gasteiger partial charge in [0, 0.05) is 41.1 Å². The molecule has 1 aromatic carbocycles. The van der Waals surface area contributed by atoms with Crippen LogP contribution in [0.3, 0.4) is 0 Å². The van der Waals surface area contributed by atoms with Gasteiger partial charge in [0.25, 0.3) is 0 Å². The summed E-state index contributed by atoms with van der Waals surface area (Å²) in [6, 6.07) is 12.1. The summed E-state index contributed by atoms with van der Waals surface area (Å²) < 4.78 is 15.9. The predicted octanol–water partition coefficient (Wildman–Crippen LogP) is 3.97. The van der Waals surface area contributed by atoms with E-state index in [1.54, 1.807) is 30.7 Å². The molecule has 7 heteroatoms. The summed E-state index contributed by atoms with van der Waals surface area (Å²) in [7, 11) is 0. The number of aromatic nitrogens is 4. The Morgan fingerprint density at radius 2 is 2.04 bits per heavy atom. The zero-order valence-electron chi connectivity index (χ0n) is 14.8. The Bertz CT molecular complexity index is 1180. The van der Waals surface area contributed by atoms with Gasteiger partial charge in [-0.05, 0) is 49.2 Å². The van der Waals surface area contributed by atoms with E-state index in [0.29, 0.717) is 11.3 Å². The zero-order valence-corrected chi connectivity index (χ0v) is 14.8.